The van der Waals surface area contributed by atoms with Crippen LogP contribution >= 0.6 is 0 Å². The molecule has 0 radical (unpaired) electrons. The molecule has 2 aromatic heterocycles. The Morgan fingerprint density at radius 2 is 1.82 bits per heavy atom. The van der Waals surface area contributed by atoms with Gasteiger partial charge < -0.3 is 9.42 Å². The number of rotatable bonds is 10. The minimum atomic E-state index is -1.05. The third kappa shape index (κ3) is 6.86. The molecule has 0 unspecified atom stereocenters. The van der Waals surface area contributed by atoms with Gasteiger partial charge in [0.15, 0.2) is 5.82 Å². The Bertz CT molecular complexity index is 1160. The third-order valence-electron chi connectivity index (χ3n) is 4.74. The van der Waals surface area contributed by atoms with E-state index in [0.717, 1.165) is 28.7 Å². The van der Waals surface area contributed by atoms with Crippen LogP contribution in [0.4, 0.5) is 6.01 Å². The lowest BCUT2D eigenvalue weighted by Crippen LogP contribution is -2.23. The van der Waals surface area contributed by atoms with Crippen molar-refractivity contribution in [1.82, 2.24) is 30.8 Å². The highest BCUT2D eigenvalue weighted by molar-refractivity contribution is 5.91. The Kier molecular flexibility index (Phi) is 9.69. The van der Waals surface area contributed by atoms with E-state index in [2.05, 4.69) is 35.9 Å². The monoisotopic (exact) mass is 464 g/mol. The van der Waals surface area contributed by atoms with Crippen LogP contribution in [0.5, 0.6) is 0 Å². The van der Waals surface area contributed by atoms with Crippen molar-refractivity contribution in [1.29, 1.82) is 0 Å². The van der Waals surface area contributed by atoms with E-state index in [-0.39, 0.29) is 19.3 Å². The topological polar surface area (TPSA) is 143 Å². The number of allylic oxidation sites excluding steroid dienone is 6. The van der Waals surface area contributed by atoms with E-state index >= 15 is 0 Å². The maximum absolute atomic E-state index is 11.3. The molecule has 0 fully saturated rings. The molecule has 2 heterocycles. The van der Waals surface area contributed by atoms with Crippen LogP contribution in [0.2, 0.25) is 0 Å². The number of benzene rings is 1. The van der Waals surface area contributed by atoms with Crippen molar-refractivity contribution in [3.05, 3.63) is 76.3 Å². The van der Waals surface area contributed by atoms with Gasteiger partial charge in [0.05, 0.1) is 0 Å². The summed E-state index contributed by atoms with van der Waals surface area (Å²) >= 11 is 0. The van der Waals surface area contributed by atoms with E-state index in [4.69, 9.17) is 4.52 Å². The molecular formula is C23H28N8O3. The van der Waals surface area contributed by atoms with Gasteiger partial charge in [-0.3, -0.25) is 4.79 Å². The second-order valence-electron chi connectivity index (χ2n) is 7.24. The molecule has 0 saturated heterocycles. The number of anilines is 1. The summed E-state index contributed by atoms with van der Waals surface area (Å²) in [4.78, 5) is 27.6. The van der Waals surface area contributed by atoms with Gasteiger partial charge in [0.25, 0.3) is 5.82 Å². The van der Waals surface area contributed by atoms with Gasteiger partial charge >= 0.3 is 11.9 Å². The van der Waals surface area contributed by atoms with E-state index in [0.29, 0.717) is 18.9 Å². The van der Waals surface area contributed by atoms with Crippen LogP contribution in [-0.4, -0.2) is 43.2 Å². The maximum atomic E-state index is 11.3. The van der Waals surface area contributed by atoms with Crippen molar-refractivity contribution in [2.24, 2.45) is 5.18 Å². The first-order valence-electron chi connectivity index (χ1n) is 10.3. The minimum Gasteiger partial charge on any atom is -0.320 e. The van der Waals surface area contributed by atoms with Crippen LogP contribution in [0.25, 0.3) is 11.1 Å². The highest BCUT2D eigenvalue weighted by atomic mass is 16.5. The highest BCUT2D eigenvalue weighted by Gasteiger charge is 2.19. The summed E-state index contributed by atoms with van der Waals surface area (Å²) in [7, 11) is 0. The number of nitrogens with one attached hydrogen (secondary N) is 1. The van der Waals surface area contributed by atoms with E-state index < -0.39 is 5.91 Å². The number of nitroso groups, excluding NO2 is 1. The molecule has 0 atom stereocenters. The number of H-pyrrole nitrogens is 1. The molecule has 0 aliphatic rings. The predicted molar refractivity (Wildman–Crippen MR) is 130 cm³/mol. The average Bonchev–Trinajstić information content (AvgIpc) is 3.54. The number of amides is 1. The first-order valence-corrected chi connectivity index (χ1v) is 10.3. The van der Waals surface area contributed by atoms with E-state index in [1.54, 1.807) is 0 Å². The van der Waals surface area contributed by atoms with Crippen molar-refractivity contribution >= 4 is 23.1 Å². The number of aromatic amines is 1. The Hall–Kier alpha value is -4.28. The molecule has 178 valence electrons. The van der Waals surface area contributed by atoms with Gasteiger partial charge in [0.1, 0.15) is 0 Å². The normalized spacial score (nSPS) is 12.0. The standard InChI is InChI=1S/C22H24N8O3.CH4/c1-4-13-30(22-23-20(27-33-22)21(31)26-32)14-17-9-11-18(12-10-17)15(2)7-5-6-8-16(3)19-24-28-29-25-19;/h5-12H,4,13-14H2,1-3H3,(H,24,25,28,29);1H4/b6-5-,15-7+,16-8+;. The van der Waals surface area contributed by atoms with Crippen molar-refractivity contribution in [2.45, 2.75) is 41.2 Å². The van der Waals surface area contributed by atoms with Gasteiger partial charge in [-0.2, -0.15) is 10.2 Å². The zero-order valence-electron chi connectivity index (χ0n) is 18.6. The molecule has 1 amide bonds. The zero-order valence-corrected chi connectivity index (χ0v) is 18.6. The molecule has 3 aromatic rings. The Morgan fingerprint density at radius 1 is 1.12 bits per heavy atom. The lowest BCUT2D eigenvalue weighted by Gasteiger charge is -2.19. The largest absolute Gasteiger partial charge is 0.357 e. The quantitative estimate of drug-likeness (QED) is 0.336. The van der Waals surface area contributed by atoms with E-state index in [1.807, 2.05) is 74.2 Å². The molecule has 11 heteroatoms. The summed E-state index contributed by atoms with van der Waals surface area (Å²) in [6.45, 7) is 7.13. The van der Waals surface area contributed by atoms with Gasteiger partial charge in [-0.1, -0.05) is 62.9 Å². The molecule has 3 rings (SSSR count). The molecule has 34 heavy (non-hydrogen) atoms. The van der Waals surface area contributed by atoms with Gasteiger partial charge in [0.2, 0.25) is 0 Å². The summed E-state index contributed by atoms with van der Waals surface area (Å²) in [6, 6.07) is 8.30. The predicted octanol–water partition coefficient (Wildman–Crippen LogP) is 4.61. The molecule has 11 nitrogen and oxygen atoms in total. The molecule has 0 aliphatic heterocycles. The molecule has 1 aromatic carbocycles. The highest BCUT2D eigenvalue weighted by Crippen LogP contribution is 2.19. The summed E-state index contributed by atoms with van der Waals surface area (Å²) in [5.41, 5.74) is 4.14. The maximum Gasteiger partial charge on any atom is 0.357 e. The van der Waals surface area contributed by atoms with Gasteiger partial charge in [-0.15, -0.1) is 15.1 Å². The summed E-state index contributed by atoms with van der Waals surface area (Å²) in [5, 5.41) is 19.7. The fourth-order valence-corrected chi connectivity index (χ4v) is 2.98. The number of hydrogen-bond donors (Lipinski definition) is 1. The van der Waals surface area contributed by atoms with Crippen molar-refractivity contribution < 1.29 is 9.32 Å². The zero-order chi connectivity index (χ0) is 23.6. The Morgan fingerprint density at radius 3 is 2.44 bits per heavy atom. The molecule has 1 N–H and O–H groups in total. The van der Waals surface area contributed by atoms with Crippen LogP contribution in [0.15, 0.2) is 58.3 Å². The number of hydrogen-bond acceptors (Lipinski definition) is 9. The van der Waals surface area contributed by atoms with Gasteiger partial charge in [0, 0.05) is 18.3 Å². The van der Waals surface area contributed by atoms with Crippen LogP contribution in [-0.2, 0) is 6.54 Å². The van der Waals surface area contributed by atoms with Crippen LogP contribution in [0, 0.1) is 4.91 Å². The molecular weight excluding hydrogens is 436 g/mol. The number of tetrazole rings is 1. The third-order valence-corrected chi connectivity index (χ3v) is 4.74. The molecule has 0 saturated carbocycles. The lowest BCUT2D eigenvalue weighted by molar-refractivity contribution is 0.0988. The second kappa shape index (κ2) is 12.7. The van der Waals surface area contributed by atoms with Crippen molar-refractivity contribution in [2.75, 3.05) is 11.4 Å². The molecule has 0 spiro atoms. The number of carbonyl (C=O) groups excluding carboxylic acids is 1. The molecule has 0 aliphatic carbocycles. The van der Waals surface area contributed by atoms with Crippen molar-refractivity contribution in [3.8, 4) is 0 Å². The van der Waals surface area contributed by atoms with Crippen molar-refractivity contribution in [3.63, 3.8) is 0 Å². The lowest BCUT2D eigenvalue weighted by atomic mass is 10.0. The van der Waals surface area contributed by atoms with Crippen LogP contribution in [0.3, 0.4) is 0 Å². The summed E-state index contributed by atoms with van der Waals surface area (Å²) in [6.07, 6.45) is 8.66. The van der Waals surface area contributed by atoms with Gasteiger partial charge in [-0.05, 0) is 52.9 Å². The van der Waals surface area contributed by atoms with Crippen LogP contribution in [0.1, 0.15) is 62.2 Å². The summed E-state index contributed by atoms with van der Waals surface area (Å²) in [5.74, 6) is -0.827. The molecule has 0 bridgehead atoms. The fourth-order valence-electron chi connectivity index (χ4n) is 2.98. The van der Waals surface area contributed by atoms with Crippen LogP contribution < -0.4 is 4.90 Å². The Labute approximate surface area is 197 Å². The number of carbonyl (C=O) groups is 1. The smallest absolute Gasteiger partial charge is 0.320 e. The summed E-state index contributed by atoms with van der Waals surface area (Å²) < 4.78 is 5.14. The van der Waals surface area contributed by atoms with Gasteiger partial charge in [-0.25, -0.2) is 0 Å². The van der Waals surface area contributed by atoms with E-state index in [9.17, 15) is 9.70 Å². The number of nitrogens with zero attached hydrogens (tertiary/aromatic N) is 7. The first kappa shape index (κ1) is 26.0. The first-order chi connectivity index (χ1) is 16.0. The SMILES string of the molecule is C.CCCN(Cc1ccc(/C(C)=C/C=C\C=C(/C)c2nn[nH]n2)cc1)c1nc(C(=O)N=O)no1. The fraction of sp³-hybridized carbons (Fsp3) is 0.304. The second-order valence-corrected chi connectivity index (χ2v) is 7.24. The average molecular weight is 465 g/mol. The Balaban J connectivity index is 0.00000408. The number of aromatic nitrogens is 6. The van der Waals surface area contributed by atoms with E-state index in [1.165, 1.54) is 0 Å². The minimum absolute atomic E-state index is 0.